The Labute approximate surface area is 87.9 Å². The summed E-state index contributed by atoms with van der Waals surface area (Å²) in [7, 11) is 1.29. The first-order chi connectivity index (χ1) is 6.92. The van der Waals surface area contributed by atoms with E-state index in [4.69, 9.17) is 0 Å². The number of hydrogen-bond acceptors (Lipinski definition) is 5. The minimum Gasteiger partial charge on any atom is -0.464 e. The molecule has 84 valence electrons. The second kappa shape index (κ2) is 4.39. The number of hydrogen-bond donors (Lipinski definition) is 1. The van der Waals surface area contributed by atoms with Crippen LogP contribution in [0.25, 0.3) is 0 Å². The van der Waals surface area contributed by atoms with Crippen LogP contribution in [0.2, 0.25) is 0 Å². The van der Waals surface area contributed by atoms with Crippen LogP contribution in [0.3, 0.4) is 0 Å². The predicted molar refractivity (Wildman–Crippen MR) is 52.3 cm³/mol. The maximum absolute atomic E-state index is 11.0. The van der Waals surface area contributed by atoms with Gasteiger partial charge in [-0.25, -0.2) is 4.79 Å². The molecule has 0 spiro atoms. The van der Waals surface area contributed by atoms with Gasteiger partial charge >= 0.3 is 5.97 Å². The van der Waals surface area contributed by atoms with E-state index in [9.17, 15) is 9.90 Å². The largest absolute Gasteiger partial charge is 0.464 e. The molecule has 0 unspecified atom stereocenters. The number of rotatable bonds is 4. The first kappa shape index (κ1) is 11.6. The predicted octanol–water partition coefficient (Wildman–Crippen LogP) is 0.226. The van der Waals surface area contributed by atoms with Crippen molar-refractivity contribution >= 4 is 5.97 Å². The molecule has 1 heterocycles. The molecule has 0 bridgehead atoms. The van der Waals surface area contributed by atoms with Gasteiger partial charge in [0.2, 0.25) is 0 Å². The van der Waals surface area contributed by atoms with E-state index in [1.54, 1.807) is 13.8 Å². The summed E-state index contributed by atoms with van der Waals surface area (Å²) in [6.07, 6.45) is 2.04. The van der Waals surface area contributed by atoms with Crippen LogP contribution in [0.15, 0.2) is 6.20 Å². The van der Waals surface area contributed by atoms with Gasteiger partial charge in [-0.05, 0) is 20.3 Å². The van der Waals surface area contributed by atoms with E-state index in [2.05, 4.69) is 15.0 Å². The third kappa shape index (κ3) is 3.67. The van der Waals surface area contributed by atoms with Crippen LogP contribution in [0.5, 0.6) is 0 Å². The Morgan fingerprint density at radius 3 is 2.87 bits per heavy atom. The van der Waals surface area contributed by atoms with Crippen molar-refractivity contribution in [2.75, 3.05) is 7.11 Å². The van der Waals surface area contributed by atoms with Crippen molar-refractivity contribution in [3.05, 3.63) is 11.9 Å². The Hall–Kier alpha value is -1.43. The molecule has 1 rings (SSSR count). The maximum Gasteiger partial charge on any atom is 0.360 e. The molecule has 1 aromatic heterocycles. The molecular formula is C9H15N3O3. The molecule has 15 heavy (non-hydrogen) atoms. The summed E-state index contributed by atoms with van der Waals surface area (Å²) in [4.78, 5) is 11.0. The number of carbonyl (C=O) groups excluding carboxylic acids is 1. The number of nitrogens with zero attached hydrogens (tertiary/aromatic N) is 3. The van der Waals surface area contributed by atoms with Gasteiger partial charge < -0.3 is 9.84 Å². The van der Waals surface area contributed by atoms with Gasteiger partial charge in [-0.3, -0.25) is 4.68 Å². The summed E-state index contributed by atoms with van der Waals surface area (Å²) >= 11 is 0. The van der Waals surface area contributed by atoms with Crippen molar-refractivity contribution < 1.29 is 14.6 Å². The van der Waals surface area contributed by atoms with Gasteiger partial charge in [0.1, 0.15) is 0 Å². The van der Waals surface area contributed by atoms with Crippen LogP contribution < -0.4 is 0 Å². The molecule has 0 saturated carbocycles. The molecule has 0 amide bonds. The Kier molecular flexibility index (Phi) is 3.41. The molecule has 1 aromatic rings. The zero-order chi connectivity index (χ0) is 11.5. The van der Waals surface area contributed by atoms with Crippen molar-refractivity contribution in [2.24, 2.45) is 0 Å². The standard InChI is InChI=1S/C9H15N3O3/c1-9(2,14)4-5-12-6-7(10-11-12)8(13)15-3/h6,14H,4-5H2,1-3H3. The minimum absolute atomic E-state index is 0.174. The summed E-state index contributed by atoms with van der Waals surface area (Å²) in [5.74, 6) is -0.510. The van der Waals surface area contributed by atoms with Crippen LogP contribution in [-0.4, -0.2) is 38.8 Å². The second-order valence-corrected chi connectivity index (χ2v) is 3.92. The fourth-order valence-corrected chi connectivity index (χ4v) is 0.994. The lowest BCUT2D eigenvalue weighted by molar-refractivity contribution is 0.0594. The van der Waals surface area contributed by atoms with Gasteiger partial charge in [0.05, 0.1) is 18.9 Å². The Morgan fingerprint density at radius 1 is 1.67 bits per heavy atom. The van der Waals surface area contributed by atoms with Crippen LogP contribution in [0.1, 0.15) is 30.8 Å². The van der Waals surface area contributed by atoms with Crippen molar-refractivity contribution in [1.82, 2.24) is 15.0 Å². The first-order valence-corrected chi connectivity index (χ1v) is 4.63. The van der Waals surface area contributed by atoms with E-state index in [1.807, 2.05) is 0 Å². The Bertz CT molecular complexity index is 341. The smallest absolute Gasteiger partial charge is 0.360 e. The second-order valence-electron chi connectivity index (χ2n) is 3.92. The molecular weight excluding hydrogens is 198 g/mol. The highest BCUT2D eigenvalue weighted by atomic mass is 16.5. The average Bonchev–Trinajstić information content (AvgIpc) is 2.61. The summed E-state index contributed by atoms with van der Waals surface area (Å²) in [5.41, 5.74) is -0.578. The minimum atomic E-state index is -0.753. The Balaban J connectivity index is 2.57. The molecule has 0 fully saturated rings. The lowest BCUT2D eigenvalue weighted by Crippen LogP contribution is -2.21. The summed E-state index contributed by atoms with van der Waals surface area (Å²) in [5, 5.41) is 16.9. The van der Waals surface area contributed by atoms with Gasteiger partial charge in [-0.1, -0.05) is 5.21 Å². The van der Waals surface area contributed by atoms with E-state index in [0.717, 1.165) is 0 Å². The zero-order valence-corrected chi connectivity index (χ0v) is 9.10. The third-order valence-corrected chi connectivity index (χ3v) is 1.89. The van der Waals surface area contributed by atoms with E-state index in [1.165, 1.54) is 18.0 Å². The normalized spacial score (nSPS) is 11.5. The topological polar surface area (TPSA) is 77.2 Å². The molecule has 0 radical (unpaired) electrons. The molecule has 1 N–H and O–H groups in total. The number of ether oxygens (including phenoxy) is 1. The summed E-state index contributed by atoms with van der Waals surface area (Å²) < 4.78 is 6.00. The zero-order valence-electron chi connectivity index (χ0n) is 9.10. The van der Waals surface area contributed by atoms with Crippen LogP contribution in [0.4, 0.5) is 0 Å². The first-order valence-electron chi connectivity index (χ1n) is 4.63. The van der Waals surface area contributed by atoms with Gasteiger partial charge in [0.15, 0.2) is 5.69 Å². The monoisotopic (exact) mass is 213 g/mol. The van der Waals surface area contributed by atoms with Crippen molar-refractivity contribution in [2.45, 2.75) is 32.4 Å². The molecule has 0 aliphatic rings. The summed E-state index contributed by atoms with van der Waals surface area (Å²) in [6, 6.07) is 0. The fourth-order valence-electron chi connectivity index (χ4n) is 0.994. The van der Waals surface area contributed by atoms with Gasteiger partial charge in [-0.2, -0.15) is 0 Å². The highest BCUT2D eigenvalue weighted by molar-refractivity contribution is 5.86. The highest BCUT2D eigenvalue weighted by Gasteiger charge is 2.14. The Morgan fingerprint density at radius 2 is 2.33 bits per heavy atom. The fraction of sp³-hybridized carbons (Fsp3) is 0.667. The highest BCUT2D eigenvalue weighted by Crippen LogP contribution is 2.08. The maximum atomic E-state index is 11.0. The summed E-state index contributed by atoms with van der Waals surface area (Å²) in [6.45, 7) is 3.93. The molecule has 6 nitrogen and oxygen atoms in total. The molecule has 0 aliphatic carbocycles. The lowest BCUT2D eigenvalue weighted by Gasteiger charge is -2.15. The van der Waals surface area contributed by atoms with Crippen molar-refractivity contribution in [1.29, 1.82) is 0 Å². The number of aromatic nitrogens is 3. The molecule has 6 heteroatoms. The van der Waals surface area contributed by atoms with Crippen LogP contribution in [0, 0.1) is 0 Å². The molecule has 0 aromatic carbocycles. The van der Waals surface area contributed by atoms with E-state index < -0.39 is 11.6 Å². The molecule has 0 aliphatic heterocycles. The SMILES string of the molecule is COC(=O)c1cn(CCC(C)(C)O)nn1. The molecule has 0 atom stereocenters. The van der Waals surface area contributed by atoms with Gasteiger partial charge in [0, 0.05) is 6.54 Å². The van der Waals surface area contributed by atoms with Crippen molar-refractivity contribution in [3.8, 4) is 0 Å². The van der Waals surface area contributed by atoms with Gasteiger partial charge in [-0.15, -0.1) is 5.10 Å². The number of esters is 1. The van der Waals surface area contributed by atoms with E-state index in [-0.39, 0.29) is 5.69 Å². The number of methoxy groups -OCH3 is 1. The third-order valence-electron chi connectivity index (χ3n) is 1.89. The number of carbonyl (C=O) groups is 1. The molecule has 0 saturated heterocycles. The van der Waals surface area contributed by atoms with E-state index >= 15 is 0 Å². The van der Waals surface area contributed by atoms with Crippen molar-refractivity contribution in [3.63, 3.8) is 0 Å². The number of aliphatic hydroxyl groups is 1. The quantitative estimate of drug-likeness (QED) is 0.724. The number of aryl methyl sites for hydroxylation is 1. The van der Waals surface area contributed by atoms with Crippen LogP contribution >= 0.6 is 0 Å². The average molecular weight is 213 g/mol. The van der Waals surface area contributed by atoms with E-state index in [0.29, 0.717) is 13.0 Å². The lowest BCUT2D eigenvalue weighted by atomic mass is 10.1. The van der Waals surface area contributed by atoms with Gasteiger partial charge in [0.25, 0.3) is 0 Å². The van der Waals surface area contributed by atoms with Crippen LogP contribution in [-0.2, 0) is 11.3 Å².